The second-order valence-electron chi connectivity index (χ2n) is 2.69. The Morgan fingerprint density at radius 3 is 3.09 bits per heavy atom. The molecule has 0 bridgehead atoms. The molecule has 0 atom stereocenters. The molecule has 1 heterocycles. The van der Waals surface area contributed by atoms with Crippen LogP contribution in [0, 0.1) is 0 Å². The van der Waals surface area contributed by atoms with E-state index < -0.39 is 0 Å². The van der Waals surface area contributed by atoms with Crippen molar-refractivity contribution < 1.29 is 4.79 Å². The number of likely N-dealkylation sites (N-methyl/N-ethyl adjacent to an activating group) is 1. The van der Waals surface area contributed by atoms with E-state index in [0.29, 0.717) is 0 Å². The summed E-state index contributed by atoms with van der Waals surface area (Å²) in [5.41, 5.74) is 0.723. The van der Waals surface area contributed by atoms with E-state index in [-0.39, 0.29) is 0 Å². The second-order valence-corrected chi connectivity index (χ2v) is 2.69. The molecule has 0 aromatic rings. The van der Waals surface area contributed by atoms with Gasteiger partial charge in [0.05, 0.1) is 5.70 Å². The molecule has 1 rings (SSSR count). The number of carbonyl (C=O) groups excluding carboxylic acids is 1. The maximum atomic E-state index is 10.3. The molecule has 11 heavy (non-hydrogen) atoms. The third kappa shape index (κ3) is 2.37. The van der Waals surface area contributed by atoms with Crippen molar-refractivity contribution in [3.8, 4) is 0 Å². The maximum absolute atomic E-state index is 10.3. The van der Waals surface area contributed by atoms with Gasteiger partial charge in [-0.3, -0.25) is 0 Å². The fourth-order valence-electron chi connectivity index (χ4n) is 1.24. The van der Waals surface area contributed by atoms with Crippen LogP contribution in [-0.2, 0) is 4.79 Å². The van der Waals surface area contributed by atoms with Crippen molar-refractivity contribution in [2.45, 2.75) is 13.3 Å². The second kappa shape index (κ2) is 4.16. The molecule has 62 valence electrons. The Bertz CT molecular complexity index is 173. The van der Waals surface area contributed by atoms with Crippen molar-refractivity contribution in [1.82, 2.24) is 10.2 Å². The van der Waals surface area contributed by atoms with Crippen LogP contribution in [0.5, 0.6) is 0 Å². The molecule has 0 radical (unpaired) electrons. The highest BCUT2D eigenvalue weighted by molar-refractivity contribution is 5.51. The van der Waals surface area contributed by atoms with Gasteiger partial charge in [0.2, 0.25) is 0 Å². The lowest BCUT2D eigenvalue weighted by molar-refractivity contribution is 0.310. The monoisotopic (exact) mass is 154 g/mol. The van der Waals surface area contributed by atoms with Gasteiger partial charge in [-0.25, -0.2) is 4.79 Å². The van der Waals surface area contributed by atoms with Crippen LogP contribution in [0.2, 0.25) is 0 Å². The van der Waals surface area contributed by atoms with E-state index in [0.717, 1.165) is 38.3 Å². The summed E-state index contributed by atoms with van der Waals surface area (Å²) in [7, 11) is 0. The van der Waals surface area contributed by atoms with Gasteiger partial charge in [-0.2, -0.15) is 0 Å². The Hall–Kier alpha value is -0.790. The number of rotatable bonds is 1. The summed E-state index contributed by atoms with van der Waals surface area (Å²) in [6, 6.07) is 0. The van der Waals surface area contributed by atoms with Crippen LogP contribution in [0.15, 0.2) is 5.70 Å². The highest BCUT2D eigenvalue weighted by Crippen LogP contribution is 2.00. The third-order valence-electron chi connectivity index (χ3n) is 2.01. The first-order valence-corrected chi connectivity index (χ1v) is 4.07. The van der Waals surface area contributed by atoms with Gasteiger partial charge in [0.1, 0.15) is 5.94 Å². The minimum atomic E-state index is 0.723. The van der Waals surface area contributed by atoms with E-state index in [4.69, 9.17) is 0 Å². The van der Waals surface area contributed by atoms with Gasteiger partial charge in [0, 0.05) is 26.1 Å². The van der Waals surface area contributed by atoms with Crippen LogP contribution in [0.25, 0.3) is 0 Å². The fourth-order valence-corrected chi connectivity index (χ4v) is 1.24. The Kier molecular flexibility index (Phi) is 3.14. The van der Waals surface area contributed by atoms with E-state index in [2.05, 4.69) is 17.1 Å². The summed E-state index contributed by atoms with van der Waals surface area (Å²) in [5.74, 6) is 1.92. The molecule has 0 unspecified atom stereocenters. The Labute approximate surface area is 67.1 Å². The predicted octanol–water partition coefficient (Wildman–Crippen LogP) is 0.0171. The Balaban J connectivity index is 2.45. The molecule has 0 spiro atoms. The van der Waals surface area contributed by atoms with E-state index in [1.54, 1.807) is 0 Å². The van der Waals surface area contributed by atoms with Crippen molar-refractivity contribution in [3.05, 3.63) is 5.70 Å². The first kappa shape index (κ1) is 8.31. The van der Waals surface area contributed by atoms with Gasteiger partial charge in [-0.1, -0.05) is 6.92 Å². The van der Waals surface area contributed by atoms with Gasteiger partial charge in [-0.05, 0) is 6.54 Å². The van der Waals surface area contributed by atoms with Gasteiger partial charge in [-0.15, -0.1) is 0 Å². The number of hydrogen-bond donors (Lipinski definition) is 1. The topological polar surface area (TPSA) is 32.3 Å². The number of nitrogens with zero attached hydrogens (tertiary/aromatic N) is 1. The van der Waals surface area contributed by atoms with Crippen molar-refractivity contribution in [2.24, 2.45) is 0 Å². The summed E-state index contributed by atoms with van der Waals surface area (Å²) in [6.07, 6.45) is 0.817. The molecule has 0 aromatic carbocycles. The van der Waals surface area contributed by atoms with Gasteiger partial charge >= 0.3 is 0 Å². The average Bonchev–Trinajstić information content (AvgIpc) is 2.28. The van der Waals surface area contributed by atoms with E-state index >= 15 is 0 Å². The fraction of sp³-hybridized carbons (Fsp3) is 0.750. The van der Waals surface area contributed by atoms with Crippen LogP contribution < -0.4 is 5.32 Å². The summed E-state index contributed by atoms with van der Waals surface area (Å²) >= 11 is 0. The quantitative estimate of drug-likeness (QED) is 0.540. The summed E-state index contributed by atoms with van der Waals surface area (Å²) in [4.78, 5) is 12.6. The van der Waals surface area contributed by atoms with Crippen molar-refractivity contribution in [2.75, 3.05) is 26.2 Å². The standard InChI is InChI=1S/C8H14N2O/c1-2-10-5-3-8(7-11)9-4-6-10/h9H,2-6H2,1H3. The molecule has 1 saturated heterocycles. The van der Waals surface area contributed by atoms with Gasteiger partial charge < -0.3 is 10.2 Å². The van der Waals surface area contributed by atoms with Crippen LogP contribution >= 0.6 is 0 Å². The number of hydrogen-bond acceptors (Lipinski definition) is 3. The largest absolute Gasteiger partial charge is 0.378 e. The molecule has 0 aliphatic carbocycles. The highest BCUT2D eigenvalue weighted by atomic mass is 16.1. The van der Waals surface area contributed by atoms with Gasteiger partial charge in [0.25, 0.3) is 0 Å². The molecule has 3 nitrogen and oxygen atoms in total. The molecule has 1 N–H and O–H groups in total. The van der Waals surface area contributed by atoms with Gasteiger partial charge in [0.15, 0.2) is 0 Å². The van der Waals surface area contributed by atoms with Crippen molar-refractivity contribution in [3.63, 3.8) is 0 Å². The highest BCUT2D eigenvalue weighted by Gasteiger charge is 2.08. The lowest BCUT2D eigenvalue weighted by Crippen LogP contribution is -2.27. The smallest absolute Gasteiger partial charge is 0.145 e. The lowest BCUT2D eigenvalue weighted by Gasteiger charge is -2.15. The van der Waals surface area contributed by atoms with E-state index in [1.165, 1.54) is 0 Å². The first-order valence-electron chi connectivity index (χ1n) is 4.07. The predicted molar refractivity (Wildman–Crippen MR) is 43.9 cm³/mol. The van der Waals surface area contributed by atoms with Crippen LogP contribution in [0.1, 0.15) is 13.3 Å². The van der Waals surface area contributed by atoms with Crippen LogP contribution in [-0.4, -0.2) is 37.0 Å². The molecule has 1 fully saturated rings. The Morgan fingerprint density at radius 1 is 1.64 bits per heavy atom. The zero-order chi connectivity index (χ0) is 8.10. The molecule has 1 aliphatic heterocycles. The minimum absolute atomic E-state index is 0.723. The molecular weight excluding hydrogens is 140 g/mol. The van der Waals surface area contributed by atoms with Crippen molar-refractivity contribution in [1.29, 1.82) is 0 Å². The molecule has 0 amide bonds. The third-order valence-corrected chi connectivity index (χ3v) is 2.01. The van der Waals surface area contributed by atoms with Crippen LogP contribution in [0.4, 0.5) is 0 Å². The van der Waals surface area contributed by atoms with E-state index in [9.17, 15) is 4.79 Å². The minimum Gasteiger partial charge on any atom is -0.378 e. The molecule has 0 saturated carbocycles. The van der Waals surface area contributed by atoms with E-state index in [1.807, 2.05) is 5.94 Å². The molecular formula is C8H14N2O. The normalized spacial score (nSPS) is 20.3. The van der Waals surface area contributed by atoms with Crippen molar-refractivity contribution >= 4 is 5.94 Å². The SMILES string of the molecule is CCN1CCNC(=C=O)CC1. The zero-order valence-electron chi connectivity index (χ0n) is 6.89. The molecule has 1 aliphatic rings. The average molecular weight is 154 g/mol. The summed E-state index contributed by atoms with van der Waals surface area (Å²) in [6.45, 7) is 6.08. The summed E-state index contributed by atoms with van der Waals surface area (Å²) < 4.78 is 0. The number of nitrogens with one attached hydrogen (secondary N) is 1. The lowest BCUT2D eigenvalue weighted by atomic mass is 10.3. The zero-order valence-corrected chi connectivity index (χ0v) is 6.89. The maximum Gasteiger partial charge on any atom is 0.145 e. The molecule has 0 aromatic heterocycles. The Morgan fingerprint density at radius 2 is 2.45 bits per heavy atom. The summed E-state index contributed by atoms with van der Waals surface area (Å²) in [5, 5.41) is 3.05. The first-order chi connectivity index (χ1) is 5.36. The molecule has 3 heteroatoms. The van der Waals surface area contributed by atoms with Crippen LogP contribution in [0.3, 0.4) is 0 Å².